The lowest BCUT2D eigenvalue weighted by atomic mass is 10.2. The van der Waals surface area contributed by atoms with E-state index in [9.17, 15) is 13.6 Å². The van der Waals surface area contributed by atoms with Gasteiger partial charge in [0.15, 0.2) is 5.16 Å². The van der Waals surface area contributed by atoms with Crippen LogP contribution in [0.2, 0.25) is 0 Å². The number of carbonyl (C=O) groups excluding carboxylic acids is 1. The summed E-state index contributed by atoms with van der Waals surface area (Å²) in [5, 5.41) is 11.4. The first kappa shape index (κ1) is 20.3. The molecule has 2 aromatic carbocycles. The van der Waals surface area contributed by atoms with Crippen molar-refractivity contribution in [3.05, 3.63) is 71.6 Å². The summed E-state index contributed by atoms with van der Waals surface area (Å²) in [6, 6.07) is 12.4. The zero-order valence-corrected chi connectivity index (χ0v) is 16.7. The van der Waals surface area contributed by atoms with E-state index >= 15 is 0 Å². The highest BCUT2D eigenvalue weighted by Crippen LogP contribution is 2.21. The maximum atomic E-state index is 13.6. The molecular weight excluding hydrogens is 402 g/mol. The average molecular weight is 421 g/mol. The summed E-state index contributed by atoms with van der Waals surface area (Å²) in [7, 11) is 1.84. The van der Waals surface area contributed by atoms with Crippen molar-refractivity contribution in [3.8, 4) is 0 Å². The van der Waals surface area contributed by atoms with Crippen LogP contribution in [-0.2, 0) is 23.3 Å². The number of rotatable bonds is 8. The van der Waals surface area contributed by atoms with Crippen LogP contribution in [0.4, 0.5) is 14.5 Å². The molecule has 1 N–H and O–H groups in total. The molecule has 0 bridgehead atoms. The molecule has 0 radical (unpaired) electrons. The molecule has 0 atom stereocenters. The van der Waals surface area contributed by atoms with Crippen molar-refractivity contribution >= 4 is 35.1 Å². The van der Waals surface area contributed by atoms with Crippen LogP contribution in [-0.4, -0.2) is 26.4 Å². The number of nitrogens with one attached hydrogen (secondary N) is 1. The fourth-order valence-corrected chi connectivity index (χ4v) is 4.01. The monoisotopic (exact) mass is 420 g/mol. The minimum absolute atomic E-state index is 0.100. The number of aromatic nitrogens is 3. The van der Waals surface area contributed by atoms with E-state index < -0.39 is 5.82 Å². The summed E-state index contributed by atoms with van der Waals surface area (Å²) in [5.41, 5.74) is 1.19. The Morgan fingerprint density at radius 2 is 1.82 bits per heavy atom. The molecule has 1 aromatic heterocycles. The van der Waals surface area contributed by atoms with Gasteiger partial charge in [-0.1, -0.05) is 36.0 Å². The largest absolute Gasteiger partial charge is 0.323 e. The average Bonchev–Trinajstić information content (AvgIpc) is 3.03. The molecule has 0 aliphatic rings. The van der Waals surface area contributed by atoms with Crippen molar-refractivity contribution in [2.75, 3.05) is 11.1 Å². The fourth-order valence-electron chi connectivity index (χ4n) is 2.32. The Balaban J connectivity index is 1.48. The standard InChI is InChI=1S/C19H18F2N4OS2/c1-25-17(11-27-10-13-6-8-14(20)9-7-13)23-24-19(25)28-12-18(26)22-16-5-3-2-4-15(16)21/h2-9H,10-12H2,1H3,(H,22,26). The normalized spacial score (nSPS) is 10.8. The lowest BCUT2D eigenvalue weighted by Gasteiger charge is -2.06. The Morgan fingerprint density at radius 3 is 2.57 bits per heavy atom. The first-order chi connectivity index (χ1) is 13.5. The Morgan fingerprint density at radius 1 is 1.07 bits per heavy atom. The van der Waals surface area contributed by atoms with Gasteiger partial charge in [0.1, 0.15) is 17.5 Å². The number of nitrogens with zero attached hydrogens (tertiary/aromatic N) is 3. The van der Waals surface area contributed by atoms with Crippen molar-refractivity contribution in [1.29, 1.82) is 0 Å². The Labute approximate surface area is 169 Å². The van der Waals surface area contributed by atoms with Gasteiger partial charge in [0.25, 0.3) is 0 Å². The van der Waals surface area contributed by atoms with E-state index in [-0.39, 0.29) is 23.2 Å². The van der Waals surface area contributed by atoms with Crippen LogP contribution in [0, 0.1) is 11.6 Å². The summed E-state index contributed by atoms with van der Waals surface area (Å²) < 4.78 is 28.3. The molecule has 3 aromatic rings. The summed E-state index contributed by atoms with van der Waals surface area (Å²) in [5.74, 6) is 1.23. The van der Waals surface area contributed by atoms with Crippen LogP contribution in [0.15, 0.2) is 53.7 Å². The molecule has 0 aliphatic heterocycles. The summed E-state index contributed by atoms with van der Waals surface area (Å²) >= 11 is 2.88. The summed E-state index contributed by atoms with van der Waals surface area (Å²) in [6.07, 6.45) is 0. The van der Waals surface area contributed by atoms with E-state index in [1.165, 1.54) is 36.0 Å². The van der Waals surface area contributed by atoms with E-state index in [4.69, 9.17) is 0 Å². The first-order valence-corrected chi connectivity index (χ1v) is 10.5. The van der Waals surface area contributed by atoms with Gasteiger partial charge in [0, 0.05) is 12.8 Å². The zero-order valence-electron chi connectivity index (χ0n) is 15.1. The first-order valence-electron chi connectivity index (χ1n) is 8.40. The highest BCUT2D eigenvalue weighted by atomic mass is 32.2. The predicted octanol–water partition coefficient (Wildman–Crippen LogP) is 4.26. The van der Waals surface area contributed by atoms with Crippen molar-refractivity contribution in [1.82, 2.24) is 14.8 Å². The Hall–Kier alpha value is -2.39. The molecule has 0 fully saturated rings. The van der Waals surface area contributed by atoms with Crippen LogP contribution in [0.25, 0.3) is 0 Å². The van der Waals surface area contributed by atoms with Gasteiger partial charge >= 0.3 is 0 Å². The molecule has 28 heavy (non-hydrogen) atoms. The van der Waals surface area contributed by atoms with Crippen LogP contribution >= 0.6 is 23.5 Å². The summed E-state index contributed by atoms with van der Waals surface area (Å²) in [4.78, 5) is 12.0. The highest BCUT2D eigenvalue weighted by molar-refractivity contribution is 7.99. The quantitative estimate of drug-likeness (QED) is 0.552. The van der Waals surface area contributed by atoms with Crippen LogP contribution in [0.1, 0.15) is 11.4 Å². The minimum atomic E-state index is -0.472. The van der Waals surface area contributed by atoms with Crippen molar-refractivity contribution in [3.63, 3.8) is 0 Å². The number of hydrogen-bond acceptors (Lipinski definition) is 5. The minimum Gasteiger partial charge on any atom is -0.323 e. The number of para-hydroxylation sites is 1. The second-order valence-electron chi connectivity index (χ2n) is 5.89. The van der Waals surface area contributed by atoms with Gasteiger partial charge in [-0.25, -0.2) is 8.78 Å². The Kier molecular flexibility index (Phi) is 7.05. The fraction of sp³-hybridized carbons (Fsp3) is 0.211. The van der Waals surface area contributed by atoms with Gasteiger partial charge in [0.2, 0.25) is 5.91 Å². The molecule has 1 heterocycles. The topological polar surface area (TPSA) is 59.8 Å². The maximum absolute atomic E-state index is 13.6. The number of thioether (sulfide) groups is 2. The van der Waals surface area contributed by atoms with Crippen LogP contribution < -0.4 is 5.32 Å². The van der Waals surface area contributed by atoms with E-state index in [0.29, 0.717) is 10.9 Å². The SMILES string of the molecule is Cn1c(CSCc2ccc(F)cc2)nnc1SCC(=O)Nc1ccccc1F. The third-order valence-electron chi connectivity index (χ3n) is 3.82. The second kappa shape index (κ2) is 9.70. The van der Waals surface area contributed by atoms with E-state index in [2.05, 4.69) is 15.5 Å². The van der Waals surface area contributed by atoms with Crippen LogP contribution in [0.5, 0.6) is 0 Å². The van der Waals surface area contributed by atoms with E-state index in [1.54, 1.807) is 36.0 Å². The molecule has 146 valence electrons. The number of anilines is 1. The molecule has 5 nitrogen and oxygen atoms in total. The molecule has 1 amide bonds. The Bertz CT molecular complexity index is 947. The van der Waals surface area contributed by atoms with Crippen LogP contribution in [0.3, 0.4) is 0 Å². The van der Waals surface area contributed by atoms with Crippen molar-refractivity contribution < 1.29 is 13.6 Å². The molecule has 0 saturated heterocycles. The summed E-state index contributed by atoms with van der Waals surface area (Å²) in [6.45, 7) is 0. The molecular formula is C19H18F2N4OS2. The predicted molar refractivity (Wildman–Crippen MR) is 108 cm³/mol. The highest BCUT2D eigenvalue weighted by Gasteiger charge is 2.12. The molecule has 0 spiro atoms. The van der Waals surface area contributed by atoms with Gasteiger partial charge in [-0.15, -0.1) is 22.0 Å². The number of amides is 1. The maximum Gasteiger partial charge on any atom is 0.234 e. The van der Waals surface area contributed by atoms with Crippen molar-refractivity contribution in [2.45, 2.75) is 16.7 Å². The van der Waals surface area contributed by atoms with Gasteiger partial charge in [-0.2, -0.15) is 0 Å². The zero-order chi connectivity index (χ0) is 19.9. The number of halogens is 2. The molecule has 0 unspecified atom stereocenters. The number of benzene rings is 2. The van der Waals surface area contributed by atoms with Gasteiger partial charge in [-0.3, -0.25) is 4.79 Å². The van der Waals surface area contributed by atoms with Crippen molar-refractivity contribution in [2.24, 2.45) is 7.05 Å². The number of carbonyl (C=O) groups is 1. The lowest BCUT2D eigenvalue weighted by molar-refractivity contribution is -0.113. The third-order valence-corrected chi connectivity index (χ3v) is 5.84. The van der Waals surface area contributed by atoms with E-state index in [1.807, 2.05) is 11.6 Å². The lowest BCUT2D eigenvalue weighted by Crippen LogP contribution is -2.15. The molecule has 3 rings (SSSR count). The van der Waals surface area contributed by atoms with Gasteiger partial charge < -0.3 is 9.88 Å². The van der Waals surface area contributed by atoms with Gasteiger partial charge in [-0.05, 0) is 29.8 Å². The van der Waals surface area contributed by atoms with Gasteiger partial charge in [0.05, 0.1) is 17.2 Å². The smallest absolute Gasteiger partial charge is 0.234 e. The third kappa shape index (κ3) is 5.56. The second-order valence-corrected chi connectivity index (χ2v) is 7.82. The van der Waals surface area contributed by atoms with E-state index in [0.717, 1.165) is 17.1 Å². The molecule has 0 saturated carbocycles. The number of hydrogen-bond donors (Lipinski definition) is 1. The molecule has 0 aliphatic carbocycles. The molecule has 9 heteroatoms.